The first-order chi connectivity index (χ1) is 29.8. The highest BCUT2D eigenvalue weighted by molar-refractivity contribution is 6.09. The van der Waals surface area contributed by atoms with Crippen molar-refractivity contribution in [1.82, 2.24) is 18.9 Å². The molecule has 0 unspecified atom stereocenters. The molecular formula is C56H36N4. The molecule has 0 amide bonds. The summed E-state index contributed by atoms with van der Waals surface area (Å²) in [6.07, 6.45) is 0. The third-order valence-corrected chi connectivity index (χ3v) is 11.9. The Labute approximate surface area is 346 Å². The average Bonchev–Trinajstić information content (AvgIpc) is 3.84. The second kappa shape index (κ2) is 13.8. The lowest BCUT2D eigenvalue weighted by atomic mass is 9.98. The molecule has 0 saturated heterocycles. The van der Waals surface area contributed by atoms with Gasteiger partial charge in [-0.1, -0.05) is 182 Å². The minimum Gasteiger partial charge on any atom is -0.293 e. The third-order valence-electron chi connectivity index (χ3n) is 11.9. The van der Waals surface area contributed by atoms with E-state index in [2.05, 4.69) is 227 Å². The molecule has 280 valence electrons. The fourth-order valence-electron chi connectivity index (χ4n) is 9.15. The van der Waals surface area contributed by atoms with Gasteiger partial charge in [0, 0.05) is 33.3 Å². The van der Waals surface area contributed by atoms with E-state index in [9.17, 15) is 0 Å². The summed E-state index contributed by atoms with van der Waals surface area (Å²) in [5.41, 5.74) is 15.5. The van der Waals surface area contributed by atoms with Crippen molar-refractivity contribution in [3.8, 4) is 61.8 Å². The van der Waals surface area contributed by atoms with E-state index < -0.39 is 0 Å². The number of para-hydroxylation sites is 3. The molecule has 4 heteroatoms. The van der Waals surface area contributed by atoms with Crippen molar-refractivity contribution in [2.24, 2.45) is 0 Å². The van der Waals surface area contributed by atoms with E-state index in [1.54, 1.807) is 0 Å². The van der Waals surface area contributed by atoms with Gasteiger partial charge in [-0.3, -0.25) is 8.97 Å². The summed E-state index contributed by atoms with van der Waals surface area (Å²) in [7, 11) is 0. The van der Waals surface area contributed by atoms with Gasteiger partial charge in [-0.05, 0) is 74.6 Å². The fraction of sp³-hybridized carbons (Fsp3) is 0. The predicted octanol–water partition coefficient (Wildman–Crippen LogP) is 14.5. The summed E-state index contributed by atoms with van der Waals surface area (Å²) in [5.74, 6) is 0.713. The van der Waals surface area contributed by atoms with Gasteiger partial charge in [0.2, 0.25) is 0 Å². The molecular weight excluding hydrogens is 729 g/mol. The maximum atomic E-state index is 5.25. The van der Waals surface area contributed by atoms with Crippen LogP contribution in [0, 0.1) is 0 Å². The van der Waals surface area contributed by atoms with E-state index in [1.807, 2.05) is 0 Å². The summed E-state index contributed by atoms with van der Waals surface area (Å²) in [6, 6.07) is 77.9. The molecule has 0 aliphatic heterocycles. The van der Waals surface area contributed by atoms with E-state index in [4.69, 9.17) is 9.97 Å². The van der Waals surface area contributed by atoms with Crippen molar-refractivity contribution < 1.29 is 0 Å². The minimum atomic E-state index is 0.713. The van der Waals surface area contributed by atoms with Gasteiger partial charge < -0.3 is 0 Å². The number of hydrogen-bond acceptors (Lipinski definition) is 2. The van der Waals surface area contributed by atoms with E-state index >= 15 is 0 Å². The Kier molecular flexibility index (Phi) is 7.82. The highest BCUT2D eigenvalue weighted by atomic mass is 15.1. The molecule has 0 atom stereocenters. The van der Waals surface area contributed by atoms with Gasteiger partial charge in [-0.2, -0.15) is 0 Å². The van der Waals surface area contributed by atoms with Crippen LogP contribution < -0.4 is 0 Å². The molecule has 4 nitrogen and oxygen atoms in total. The lowest BCUT2D eigenvalue weighted by Crippen LogP contribution is -1.97. The standard InChI is InChI=1S/C56H36N4/c1-2-16-42(17-3-1)54-48-22-8-9-25-51(48)60-53-27-11-10-26-52(53)59(56(54)60)43-34-32-38(33-35-43)37-28-30-41(31-29-37)49-36-50(46-23-12-18-39-14-4-6-20-44(39)46)58-55(57-49)47-24-13-19-40-15-5-7-21-45(40)47/h1-36H. The predicted molar refractivity (Wildman–Crippen MR) is 250 cm³/mol. The number of fused-ring (bicyclic) bond motifs is 7. The van der Waals surface area contributed by atoms with Crippen molar-refractivity contribution in [3.63, 3.8) is 0 Å². The van der Waals surface area contributed by atoms with Gasteiger partial charge in [-0.15, -0.1) is 0 Å². The van der Waals surface area contributed by atoms with Crippen LogP contribution in [0.4, 0.5) is 0 Å². The van der Waals surface area contributed by atoms with Crippen molar-refractivity contribution in [1.29, 1.82) is 0 Å². The van der Waals surface area contributed by atoms with Crippen LogP contribution in [0.5, 0.6) is 0 Å². The van der Waals surface area contributed by atoms with Crippen molar-refractivity contribution in [2.45, 2.75) is 0 Å². The smallest absolute Gasteiger partial charge is 0.161 e. The number of benzene rings is 9. The molecule has 12 rings (SSSR count). The molecule has 0 fully saturated rings. The molecule has 3 aromatic heterocycles. The molecule has 0 aliphatic rings. The topological polar surface area (TPSA) is 35.1 Å². The Morgan fingerprint density at radius 2 is 0.850 bits per heavy atom. The van der Waals surface area contributed by atoms with Gasteiger partial charge in [0.05, 0.1) is 27.9 Å². The van der Waals surface area contributed by atoms with Crippen LogP contribution >= 0.6 is 0 Å². The zero-order valence-corrected chi connectivity index (χ0v) is 32.6. The summed E-state index contributed by atoms with van der Waals surface area (Å²) in [4.78, 5) is 10.5. The number of hydrogen-bond donors (Lipinski definition) is 0. The van der Waals surface area contributed by atoms with Crippen LogP contribution in [-0.2, 0) is 0 Å². The van der Waals surface area contributed by atoms with E-state index in [1.165, 1.54) is 49.2 Å². The molecule has 12 aromatic rings. The molecule has 9 aromatic carbocycles. The Morgan fingerprint density at radius 3 is 1.57 bits per heavy atom. The number of imidazole rings is 1. The molecule has 0 bridgehead atoms. The van der Waals surface area contributed by atoms with E-state index in [0.29, 0.717) is 5.82 Å². The quantitative estimate of drug-likeness (QED) is 0.169. The van der Waals surface area contributed by atoms with Crippen LogP contribution in [0.3, 0.4) is 0 Å². The minimum absolute atomic E-state index is 0.713. The van der Waals surface area contributed by atoms with E-state index in [0.717, 1.165) is 55.9 Å². The van der Waals surface area contributed by atoms with Crippen LogP contribution in [0.2, 0.25) is 0 Å². The maximum Gasteiger partial charge on any atom is 0.161 e. The highest BCUT2D eigenvalue weighted by Gasteiger charge is 2.22. The summed E-state index contributed by atoms with van der Waals surface area (Å²) in [5, 5.41) is 5.90. The van der Waals surface area contributed by atoms with Crippen molar-refractivity contribution in [3.05, 3.63) is 218 Å². The second-order valence-electron chi connectivity index (χ2n) is 15.4. The van der Waals surface area contributed by atoms with Crippen LogP contribution in [-0.4, -0.2) is 18.9 Å². The number of nitrogens with zero attached hydrogens (tertiary/aromatic N) is 4. The number of rotatable bonds is 6. The lowest BCUT2D eigenvalue weighted by Gasteiger charge is -2.13. The molecule has 60 heavy (non-hydrogen) atoms. The normalized spacial score (nSPS) is 11.7. The molecule has 3 heterocycles. The van der Waals surface area contributed by atoms with E-state index in [-0.39, 0.29) is 0 Å². The summed E-state index contributed by atoms with van der Waals surface area (Å²) < 4.78 is 4.84. The van der Waals surface area contributed by atoms with Crippen LogP contribution in [0.1, 0.15) is 0 Å². The Hall–Kier alpha value is -8.08. The Morgan fingerprint density at radius 1 is 0.333 bits per heavy atom. The van der Waals surface area contributed by atoms with Gasteiger partial charge >= 0.3 is 0 Å². The molecule has 0 aliphatic carbocycles. The lowest BCUT2D eigenvalue weighted by molar-refractivity contribution is 1.15. The summed E-state index contributed by atoms with van der Waals surface area (Å²) in [6.45, 7) is 0. The van der Waals surface area contributed by atoms with Gasteiger partial charge in [0.25, 0.3) is 0 Å². The van der Waals surface area contributed by atoms with Gasteiger partial charge in [-0.25, -0.2) is 9.97 Å². The third kappa shape index (κ3) is 5.46. The Balaban J connectivity index is 0.960. The average molecular weight is 765 g/mol. The molecule has 0 saturated carbocycles. The maximum absolute atomic E-state index is 5.25. The summed E-state index contributed by atoms with van der Waals surface area (Å²) >= 11 is 0. The molecule has 0 N–H and O–H groups in total. The first-order valence-corrected chi connectivity index (χ1v) is 20.4. The highest BCUT2D eigenvalue weighted by Crippen LogP contribution is 2.41. The first kappa shape index (κ1) is 34.0. The largest absolute Gasteiger partial charge is 0.293 e. The van der Waals surface area contributed by atoms with Crippen LogP contribution in [0.25, 0.3) is 111 Å². The zero-order chi connectivity index (χ0) is 39.6. The second-order valence-corrected chi connectivity index (χ2v) is 15.4. The fourth-order valence-corrected chi connectivity index (χ4v) is 9.15. The molecule has 0 radical (unpaired) electrons. The van der Waals surface area contributed by atoms with Crippen molar-refractivity contribution in [2.75, 3.05) is 0 Å². The van der Waals surface area contributed by atoms with Gasteiger partial charge in [0.1, 0.15) is 5.65 Å². The molecule has 0 spiro atoms. The SMILES string of the molecule is c1ccc(-c2c3ccccc3n3c4ccccc4n(-c4ccc(-c5ccc(-c6cc(-c7cccc8ccccc78)nc(-c7cccc8ccccc78)n6)cc5)cc4)c23)cc1. The van der Waals surface area contributed by atoms with Gasteiger partial charge in [0.15, 0.2) is 5.82 Å². The number of aromatic nitrogens is 4. The monoisotopic (exact) mass is 764 g/mol. The Bertz CT molecular complexity index is 3470. The zero-order valence-electron chi connectivity index (χ0n) is 32.6. The van der Waals surface area contributed by atoms with Crippen LogP contribution in [0.15, 0.2) is 218 Å². The van der Waals surface area contributed by atoms with Crippen molar-refractivity contribution >= 4 is 49.1 Å². The first-order valence-electron chi connectivity index (χ1n) is 20.4.